The highest BCUT2D eigenvalue weighted by atomic mass is 16.5. The second-order valence-corrected chi connectivity index (χ2v) is 4.31. The number of nitrogens with one attached hydrogen (secondary N) is 1. The van der Waals surface area contributed by atoms with Gasteiger partial charge in [-0.1, -0.05) is 12.1 Å². The fraction of sp³-hybridized carbons (Fsp3) is 0.375. The molecule has 1 rings (SSSR count). The van der Waals surface area contributed by atoms with Crippen molar-refractivity contribution < 1.29 is 19.1 Å². The summed E-state index contributed by atoms with van der Waals surface area (Å²) < 4.78 is 9.90. The van der Waals surface area contributed by atoms with Crippen LogP contribution in [-0.2, 0) is 14.3 Å². The predicted octanol–water partition coefficient (Wildman–Crippen LogP) is 2.17. The van der Waals surface area contributed by atoms with E-state index in [2.05, 4.69) is 5.32 Å². The lowest BCUT2D eigenvalue weighted by Crippen LogP contribution is -2.22. The quantitative estimate of drug-likeness (QED) is 0.453. The van der Waals surface area contributed by atoms with Crippen molar-refractivity contribution in [2.24, 2.45) is 0 Å². The molecule has 1 aromatic carbocycles. The number of benzene rings is 1. The van der Waals surface area contributed by atoms with Gasteiger partial charge in [0.2, 0.25) is 5.91 Å². The molecule has 1 amide bonds. The third-order valence-electron chi connectivity index (χ3n) is 2.68. The number of ether oxygens (including phenoxy) is 2. The van der Waals surface area contributed by atoms with Crippen LogP contribution < -0.4 is 10.1 Å². The van der Waals surface area contributed by atoms with Crippen molar-refractivity contribution in [2.75, 3.05) is 20.3 Å². The van der Waals surface area contributed by atoms with Gasteiger partial charge in [-0.05, 0) is 37.1 Å². The van der Waals surface area contributed by atoms with E-state index in [0.29, 0.717) is 26.0 Å². The molecule has 0 aromatic heterocycles. The topological polar surface area (TPSA) is 64.6 Å². The molecule has 5 heteroatoms. The molecule has 5 nitrogen and oxygen atoms in total. The Hall–Kier alpha value is -2.30. The van der Waals surface area contributed by atoms with E-state index in [1.54, 1.807) is 20.1 Å². The zero-order valence-electron chi connectivity index (χ0n) is 12.4. The van der Waals surface area contributed by atoms with Crippen LogP contribution in [0.25, 0.3) is 6.08 Å². The zero-order valence-corrected chi connectivity index (χ0v) is 12.4. The van der Waals surface area contributed by atoms with E-state index in [-0.39, 0.29) is 11.9 Å². The average Bonchev–Trinajstić information content (AvgIpc) is 2.50. The van der Waals surface area contributed by atoms with Crippen LogP contribution in [0.2, 0.25) is 0 Å². The smallest absolute Gasteiger partial charge is 0.305 e. The van der Waals surface area contributed by atoms with E-state index in [0.717, 1.165) is 11.3 Å². The van der Waals surface area contributed by atoms with Gasteiger partial charge in [0, 0.05) is 19.0 Å². The van der Waals surface area contributed by atoms with Gasteiger partial charge in [0.05, 0.1) is 13.7 Å². The molecule has 0 unspecified atom stereocenters. The van der Waals surface area contributed by atoms with Crippen LogP contribution in [0.3, 0.4) is 0 Å². The van der Waals surface area contributed by atoms with Crippen LogP contribution in [0.4, 0.5) is 0 Å². The molecule has 0 atom stereocenters. The van der Waals surface area contributed by atoms with Crippen molar-refractivity contribution >= 4 is 18.0 Å². The Morgan fingerprint density at radius 3 is 2.86 bits per heavy atom. The second kappa shape index (κ2) is 9.58. The Kier molecular flexibility index (Phi) is 7.64. The molecular weight excluding hydrogens is 270 g/mol. The number of hydrogen-bond acceptors (Lipinski definition) is 4. The molecule has 0 aliphatic carbocycles. The van der Waals surface area contributed by atoms with E-state index in [4.69, 9.17) is 9.47 Å². The van der Waals surface area contributed by atoms with Crippen LogP contribution in [0.5, 0.6) is 5.75 Å². The molecule has 0 saturated carbocycles. The van der Waals surface area contributed by atoms with Gasteiger partial charge in [0.15, 0.2) is 0 Å². The highest BCUT2D eigenvalue weighted by molar-refractivity contribution is 5.91. The highest BCUT2D eigenvalue weighted by Crippen LogP contribution is 2.13. The number of amides is 1. The standard InChI is InChI=1S/C16H21NO4/c1-3-21-16(19)8-5-11-17-15(18)10-9-13-6-4-7-14(12-13)20-2/h4,6-7,9-10,12H,3,5,8,11H2,1-2H3,(H,17,18). The molecule has 0 heterocycles. The van der Waals surface area contributed by atoms with E-state index in [1.807, 2.05) is 24.3 Å². The first-order chi connectivity index (χ1) is 10.2. The number of carbonyl (C=O) groups is 2. The molecule has 0 aliphatic rings. The van der Waals surface area contributed by atoms with Gasteiger partial charge < -0.3 is 14.8 Å². The van der Waals surface area contributed by atoms with Crippen molar-refractivity contribution in [2.45, 2.75) is 19.8 Å². The van der Waals surface area contributed by atoms with Gasteiger partial charge in [-0.3, -0.25) is 9.59 Å². The molecular formula is C16H21NO4. The van der Waals surface area contributed by atoms with Crippen LogP contribution in [0.1, 0.15) is 25.3 Å². The fourth-order valence-corrected chi connectivity index (χ4v) is 1.65. The van der Waals surface area contributed by atoms with Crippen molar-refractivity contribution in [1.82, 2.24) is 5.32 Å². The number of rotatable bonds is 8. The molecule has 0 spiro atoms. The van der Waals surface area contributed by atoms with E-state index in [1.165, 1.54) is 6.08 Å². The second-order valence-electron chi connectivity index (χ2n) is 4.31. The highest BCUT2D eigenvalue weighted by Gasteiger charge is 2.01. The molecule has 1 aromatic rings. The zero-order chi connectivity index (χ0) is 15.5. The molecule has 21 heavy (non-hydrogen) atoms. The minimum atomic E-state index is -0.237. The Morgan fingerprint density at radius 2 is 2.14 bits per heavy atom. The Bertz CT molecular complexity index is 497. The van der Waals surface area contributed by atoms with Crippen LogP contribution >= 0.6 is 0 Å². The van der Waals surface area contributed by atoms with Gasteiger partial charge in [0.1, 0.15) is 5.75 Å². The van der Waals surface area contributed by atoms with E-state index in [9.17, 15) is 9.59 Å². The maximum atomic E-state index is 11.6. The van der Waals surface area contributed by atoms with Gasteiger partial charge in [-0.15, -0.1) is 0 Å². The van der Waals surface area contributed by atoms with E-state index >= 15 is 0 Å². The van der Waals surface area contributed by atoms with Crippen molar-refractivity contribution in [3.05, 3.63) is 35.9 Å². The normalized spacial score (nSPS) is 10.4. The predicted molar refractivity (Wildman–Crippen MR) is 80.9 cm³/mol. The van der Waals surface area contributed by atoms with Crippen LogP contribution in [0.15, 0.2) is 30.3 Å². The number of methoxy groups -OCH3 is 1. The Morgan fingerprint density at radius 1 is 1.33 bits per heavy atom. The largest absolute Gasteiger partial charge is 0.497 e. The van der Waals surface area contributed by atoms with E-state index < -0.39 is 0 Å². The first-order valence-electron chi connectivity index (χ1n) is 6.91. The first-order valence-corrected chi connectivity index (χ1v) is 6.91. The van der Waals surface area contributed by atoms with Gasteiger partial charge in [0.25, 0.3) is 0 Å². The maximum absolute atomic E-state index is 11.6. The number of hydrogen-bond donors (Lipinski definition) is 1. The Labute approximate surface area is 124 Å². The minimum absolute atomic E-state index is 0.193. The molecule has 0 radical (unpaired) electrons. The summed E-state index contributed by atoms with van der Waals surface area (Å²) in [6.45, 7) is 2.59. The third-order valence-corrected chi connectivity index (χ3v) is 2.68. The summed E-state index contributed by atoms with van der Waals surface area (Å²) >= 11 is 0. The third kappa shape index (κ3) is 7.15. The maximum Gasteiger partial charge on any atom is 0.305 e. The molecule has 0 fully saturated rings. The average molecular weight is 291 g/mol. The van der Waals surface area contributed by atoms with Gasteiger partial charge in [-0.25, -0.2) is 0 Å². The lowest BCUT2D eigenvalue weighted by molar-refractivity contribution is -0.143. The van der Waals surface area contributed by atoms with Crippen molar-refractivity contribution in [3.63, 3.8) is 0 Å². The first kappa shape index (κ1) is 16.8. The lowest BCUT2D eigenvalue weighted by Gasteiger charge is -2.03. The minimum Gasteiger partial charge on any atom is -0.497 e. The summed E-state index contributed by atoms with van der Waals surface area (Å²) in [5.74, 6) is 0.312. The number of carbonyl (C=O) groups excluding carboxylic acids is 2. The van der Waals surface area contributed by atoms with Gasteiger partial charge >= 0.3 is 5.97 Å². The van der Waals surface area contributed by atoms with Gasteiger partial charge in [-0.2, -0.15) is 0 Å². The Balaban J connectivity index is 2.29. The summed E-state index contributed by atoms with van der Waals surface area (Å²) in [5.41, 5.74) is 0.885. The fourth-order valence-electron chi connectivity index (χ4n) is 1.65. The summed E-state index contributed by atoms with van der Waals surface area (Å²) in [6, 6.07) is 7.42. The molecule has 114 valence electrons. The SMILES string of the molecule is CCOC(=O)CCCNC(=O)C=Cc1cccc(OC)c1. The van der Waals surface area contributed by atoms with Crippen molar-refractivity contribution in [3.8, 4) is 5.75 Å². The summed E-state index contributed by atoms with van der Waals surface area (Å²) in [7, 11) is 1.60. The summed E-state index contributed by atoms with van der Waals surface area (Å²) in [5, 5.41) is 2.71. The molecule has 0 saturated heterocycles. The molecule has 1 N–H and O–H groups in total. The number of esters is 1. The molecule has 0 bridgehead atoms. The van der Waals surface area contributed by atoms with Crippen LogP contribution in [0, 0.1) is 0 Å². The summed E-state index contributed by atoms with van der Waals surface area (Å²) in [4.78, 5) is 22.7. The molecule has 0 aliphatic heterocycles. The monoisotopic (exact) mass is 291 g/mol. The lowest BCUT2D eigenvalue weighted by atomic mass is 10.2. The van der Waals surface area contributed by atoms with Crippen molar-refractivity contribution in [1.29, 1.82) is 0 Å². The van der Waals surface area contributed by atoms with Crippen LogP contribution in [-0.4, -0.2) is 32.1 Å². The summed E-state index contributed by atoms with van der Waals surface area (Å²) in [6.07, 6.45) is 4.05.